The summed E-state index contributed by atoms with van der Waals surface area (Å²) in [5.74, 6) is 0.964. The van der Waals surface area contributed by atoms with Gasteiger partial charge in [0.15, 0.2) is 0 Å². The van der Waals surface area contributed by atoms with Crippen molar-refractivity contribution in [3.63, 3.8) is 0 Å². The Morgan fingerprint density at radius 1 is 1.47 bits per heavy atom. The second-order valence-corrected chi connectivity index (χ2v) is 3.59. The SMILES string of the molecule is [CH2]C(CCC)c1cc(C#N)cc(OC)c1. The van der Waals surface area contributed by atoms with Crippen molar-refractivity contribution >= 4 is 0 Å². The Balaban J connectivity index is 3.02. The van der Waals surface area contributed by atoms with Crippen LogP contribution in [0.5, 0.6) is 5.75 Å². The summed E-state index contributed by atoms with van der Waals surface area (Å²) >= 11 is 0. The molecule has 0 aliphatic carbocycles. The summed E-state index contributed by atoms with van der Waals surface area (Å²) in [7, 11) is 1.61. The lowest BCUT2D eigenvalue weighted by molar-refractivity contribution is 0.414. The first-order valence-corrected chi connectivity index (χ1v) is 5.13. The number of benzene rings is 1. The smallest absolute Gasteiger partial charge is 0.120 e. The van der Waals surface area contributed by atoms with Crippen LogP contribution in [-0.4, -0.2) is 7.11 Å². The Kier molecular flexibility index (Phi) is 4.17. The van der Waals surface area contributed by atoms with E-state index in [-0.39, 0.29) is 5.92 Å². The van der Waals surface area contributed by atoms with Crippen molar-refractivity contribution in [2.45, 2.75) is 25.7 Å². The maximum atomic E-state index is 8.87. The molecule has 2 nitrogen and oxygen atoms in total. The van der Waals surface area contributed by atoms with Crippen LogP contribution in [0.1, 0.15) is 36.8 Å². The quantitative estimate of drug-likeness (QED) is 0.750. The van der Waals surface area contributed by atoms with E-state index in [0.717, 1.165) is 24.2 Å². The predicted octanol–water partition coefficient (Wildman–Crippen LogP) is 3.28. The minimum absolute atomic E-state index is 0.234. The first kappa shape index (κ1) is 11.6. The van der Waals surface area contributed by atoms with Gasteiger partial charge in [0.2, 0.25) is 0 Å². The molecule has 0 amide bonds. The van der Waals surface area contributed by atoms with Crippen LogP contribution in [0.25, 0.3) is 0 Å². The number of nitrogens with zero attached hydrogens (tertiary/aromatic N) is 1. The normalized spacial score (nSPS) is 11.9. The van der Waals surface area contributed by atoms with Gasteiger partial charge in [0.05, 0.1) is 18.7 Å². The highest BCUT2D eigenvalue weighted by atomic mass is 16.5. The molecule has 0 aliphatic heterocycles. The zero-order chi connectivity index (χ0) is 11.3. The largest absolute Gasteiger partial charge is 0.497 e. The van der Waals surface area contributed by atoms with E-state index in [4.69, 9.17) is 10.00 Å². The number of nitriles is 1. The van der Waals surface area contributed by atoms with Crippen LogP contribution >= 0.6 is 0 Å². The zero-order valence-electron chi connectivity index (χ0n) is 9.29. The number of methoxy groups -OCH3 is 1. The van der Waals surface area contributed by atoms with Crippen LogP contribution in [0.3, 0.4) is 0 Å². The van der Waals surface area contributed by atoms with Gasteiger partial charge in [-0.05, 0) is 43.0 Å². The van der Waals surface area contributed by atoms with Gasteiger partial charge in [-0.2, -0.15) is 5.26 Å². The molecule has 2 heteroatoms. The molecule has 0 aromatic heterocycles. The fourth-order valence-electron chi connectivity index (χ4n) is 1.56. The maximum absolute atomic E-state index is 8.87. The molecule has 0 saturated carbocycles. The Morgan fingerprint density at radius 3 is 2.73 bits per heavy atom. The minimum atomic E-state index is 0.234. The van der Waals surface area contributed by atoms with Gasteiger partial charge in [-0.15, -0.1) is 0 Å². The molecule has 1 unspecified atom stereocenters. The molecule has 15 heavy (non-hydrogen) atoms. The lowest BCUT2D eigenvalue weighted by Gasteiger charge is -2.12. The third-order valence-electron chi connectivity index (χ3n) is 2.40. The summed E-state index contributed by atoms with van der Waals surface area (Å²) in [6.45, 7) is 6.21. The van der Waals surface area contributed by atoms with E-state index in [1.807, 2.05) is 12.1 Å². The third kappa shape index (κ3) is 2.99. The summed E-state index contributed by atoms with van der Waals surface area (Å²) in [6, 6.07) is 7.71. The molecule has 0 N–H and O–H groups in total. The van der Waals surface area contributed by atoms with Crippen LogP contribution in [0.4, 0.5) is 0 Å². The van der Waals surface area contributed by atoms with Crippen molar-refractivity contribution in [1.82, 2.24) is 0 Å². The van der Waals surface area contributed by atoms with Crippen molar-refractivity contribution in [3.05, 3.63) is 36.2 Å². The van der Waals surface area contributed by atoms with E-state index >= 15 is 0 Å². The van der Waals surface area contributed by atoms with Crippen molar-refractivity contribution in [3.8, 4) is 11.8 Å². The summed E-state index contributed by atoms with van der Waals surface area (Å²) in [5.41, 5.74) is 1.71. The van der Waals surface area contributed by atoms with Crippen LogP contribution in [-0.2, 0) is 0 Å². The van der Waals surface area contributed by atoms with Crippen LogP contribution in [0.15, 0.2) is 18.2 Å². The predicted molar refractivity (Wildman–Crippen MR) is 60.7 cm³/mol. The summed E-state index contributed by atoms with van der Waals surface area (Å²) < 4.78 is 5.15. The Hall–Kier alpha value is -1.49. The molecule has 0 spiro atoms. The van der Waals surface area contributed by atoms with Gasteiger partial charge < -0.3 is 4.74 Å². The molecule has 0 aliphatic rings. The highest BCUT2D eigenvalue weighted by Gasteiger charge is 2.07. The molecule has 0 heterocycles. The number of ether oxygens (including phenoxy) is 1. The Morgan fingerprint density at radius 2 is 2.20 bits per heavy atom. The van der Waals surface area contributed by atoms with Crippen molar-refractivity contribution in [2.24, 2.45) is 0 Å². The lowest BCUT2D eigenvalue weighted by Crippen LogP contribution is -1.95. The van der Waals surface area contributed by atoms with Gasteiger partial charge in [0.25, 0.3) is 0 Å². The van der Waals surface area contributed by atoms with Gasteiger partial charge >= 0.3 is 0 Å². The number of hydrogen-bond donors (Lipinski definition) is 0. The standard InChI is InChI=1S/C13H16NO/c1-4-5-10(2)12-6-11(9-14)7-13(8-12)15-3/h6-8,10H,2,4-5H2,1,3H3. The van der Waals surface area contributed by atoms with E-state index in [2.05, 4.69) is 19.9 Å². The van der Waals surface area contributed by atoms with Crippen molar-refractivity contribution in [2.75, 3.05) is 7.11 Å². The highest BCUT2D eigenvalue weighted by molar-refractivity contribution is 5.42. The van der Waals surface area contributed by atoms with Gasteiger partial charge in [-0.1, -0.05) is 13.3 Å². The fourth-order valence-corrected chi connectivity index (χ4v) is 1.56. The molecular weight excluding hydrogens is 186 g/mol. The summed E-state index contributed by atoms with van der Waals surface area (Å²) in [6.07, 6.45) is 2.12. The first-order chi connectivity index (χ1) is 7.21. The zero-order valence-corrected chi connectivity index (χ0v) is 9.29. The van der Waals surface area contributed by atoms with Gasteiger partial charge in [-0.25, -0.2) is 0 Å². The van der Waals surface area contributed by atoms with E-state index < -0.39 is 0 Å². The molecule has 1 aromatic carbocycles. The van der Waals surface area contributed by atoms with Crippen LogP contribution in [0.2, 0.25) is 0 Å². The molecule has 1 aromatic rings. The second-order valence-electron chi connectivity index (χ2n) is 3.59. The van der Waals surface area contributed by atoms with Crippen LogP contribution in [0, 0.1) is 18.3 Å². The van der Waals surface area contributed by atoms with E-state index in [1.165, 1.54) is 0 Å². The average molecular weight is 202 g/mol. The fraction of sp³-hybridized carbons (Fsp3) is 0.385. The Bertz CT molecular complexity index is 365. The molecule has 1 radical (unpaired) electrons. The molecular formula is C13H16NO. The Labute approximate surface area is 91.5 Å². The lowest BCUT2D eigenvalue weighted by atomic mass is 9.95. The van der Waals surface area contributed by atoms with Crippen molar-refractivity contribution in [1.29, 1.82) is 5.26 Å². The second kappa shape index (κ2) is 5.41. The molecule has 79 valence electrons. The summed E-state index contributed by atoms with van der Waals surface area (Å²) in [4.78, 5) is 0. The van der Waals surface area contributed by atoms with Crippen LogP contribution < -0.4 is 4.74 Å². The van der Waals surface area contributed by atoms with E-state index in [1.54, 1.807) is 13.2 Å². The highest BCUT2D eigenvalue weighted by Crippen LogP contribution is 2.25. The number of rotatable bonds is 4. The number of hydrogen-bond acceptors (Lipinski definition) is 2. The van der Waals surface area contributed by atoms with Gasteiger partial charge in [0.1, 0.15) is 5.75 Å². The van der Waals surface area contributed by atoms with Gasteiger partial charge in [0, 0.05) is 0 Å². The molecule has 1 rings (SSSR count). The molecule has 1 atom stereocenters. The van der Waals surface area contributed by atoms with Gasteiger partial charge in [-0.3, -0.25) is 0 Å². The first-order valence-electron chi connectivity index (χ1n) is 5.13. The van der Waals surface area contributed by atoms with E-state index in [0.29, 0.717) is 5.56 Å². The third-order valence-corrected chi connectivity index (χ3v) is 2.40. The van der Waals surface area contributed by atoms with Crippen molar-refractivity contribution < 1.29 is 4.74 Å². The molecule has 0 saturated heterocycles. The van der Waals surface area contributed by atoms with E-state index in [9.17, 15) is 0 Å². The molecule has 0 fully saturated rings. The topological polar surface area (TPSA) is 33.0 Å². The minimum Gasteiger partial charge on any atom is -0.497 e. The summed E-state index contributed by atoms with van der Waals surface area (Å²) in [5, 5.41) is 8.87. The average Bonchev–Trinajstić information content (AvgIpc) is 2.28. The molecule has 0 bridgehead atoms. The monoisotopic (exact) mass is 202 g/mol. The maximum Gasteiger partial charge on any atom is 0.120 e.